The van der Waals surface area contributed by atoms with Gasteiger partial charge < -0.3 is 15.0 Å². The zero-order valence-corrected chi connectivity index (χ0v) is 23.3. The van der Waals surface area contributed by atoms with Gasteiger partial charge in [0.05, 0.1) is 16.6 Å². The lowest BCUT2D eigenvalue weighted by Crippen LogP contribution is -2.43. The van der Waals surface area contributed by atoms with Crippen molar-refractivity contribution in [3.05, 3.63) is 111 Å². The number of carbonyl (C=O) groups excluding carboxylic acids is 1. The second-order valence-corrected chi connectivity index (χ2v) is 10.3. The highest BCUT2D eigenvalue weighted by Gasteiger charge is 2.39. The van der Waals surface area contributed by atoms with Crippen molar-refractivity contribution in [1.29, 1.82) is 0 Å². The summed E-state index contributed by atoms with van der Waals surface area (Å²) in [6.07, 6.45) is -4.88. The Labute approximate surface area is 235 Å². The third kappa shape index (κ3) is 6.03. The maximum absolute atomic E-state index is 14.5. The molecule has 0 aliphatic heterocycles. The standard InChI is InChI=1S/C30H27F4N2O4P/c1-3-18(24-26(30(32,33)34)19-10-4-5-12-22(19)36(2)28(24)38)17-9-6-8-16(14-17)15-21(29(39)40)35-27(37)25-20(31)11-7-13-23(25)41/h4-14,18,21H,3,15,41H2,1-2H3,(H,35,37)(H,39,40). The Hall–Kier alpha value is -4.04. The molecule has 0 fully saturated rings. The molecule has 1 aromatic heterocycles. The molecule has 11 heteroatoms. The third-order valence-electron chi connectivity index (χ3n) is 7.05. The van der Waals surface area contributed by atoms with Crippen molar-refractivity contribution in [3.63, 3.8) is 0 Å². The van der Waals surface area contributed by atoms with E-state index in [1.54, 1.807) is 31.2 Å². The Balaban J connectivity index is 1.75. The van der Waals surface area contributed by atoms with E-state index in [0.717, 1.165) is 6.07 Å². The summed E-state index contributed by atoms with van der Waals surface area (Å²) in [6.45, 7) is 1.67. The zero-order chi connectivity index (χ0) is 30.1. The van der Waals surface area contributed by atoms with Crippen molar-refractivity contribution in [3.8, 4) is 0 Å². The third-order valence-corrected chi connectivity index (χ3v) is 7.53. The molecule has 0 aliphatic rings. The van der Waals surface area contributed by atoms with Gasteiger partial charge in [0.1, 0.15) is 11.9 Å². The number of alkyl halides is 3. The molecule has 0 bridgehead atoms. The molecule has 1 amide bonds. The highest BCUT2D eigenvalue weighted by atomic mass is 31.0. The Kier molecular flexibility index (Phi) is 8.63. The molecule has 1 heterocycles. The van der Waals surface area contributed by atoms with Gasteiger partial charge in [-0.1, -0.05) is 61.5 Å². The van der Waals surface area contributed by atoms with E-state index in [9.17, 15) is 37.1 Å². The van der Waals surface area contributed by atoms with E-state index in [2.05, 4.69) is 14.6 Å². The molecule has 0 radical (unpaired) electrons. The van der Waals surface area contributed by atoms with Gasteiger partial charge in [-0.3, -0.25) is 9.59 Å². The Morgan fingerprint density at radius 2 is 1.73 bits per heavy atom. The first-order valence-corrected chi connectivity index (χ1v) is 13.3. The number of nitrogens with one attached hydrogen (secondary N) is 1. The van der Waals surface area contributed by atoms with Crippen LogP contribution in [0, 0.1) is 5.82 Å². The topological polar surface area (TPSA) is 88.4 Å². The van der Waals surface area contributed by atoms with E-state index < -0.39 is 52.5 Å². The average Bonchev–Trinajstić information content (AvgIpc) is 2.91. The number of halogens is 4. The quantitative estimate of drug-likeness (QED) is 0.221. The van der Waals surface area contributed by atoms with Crippen molar-refractivity contribution in [2.24, 2.45) is 7.05 Å². The molecule has 3 aromatic carbocycles. The molecule has 0 spiro atoms. The summed E-state index contributed by atoms with van der Waals surface area (Å²) in [5, 5.41) is 12.3. The van der Waals surface area contributed by atoms with Crippen molar-refractivity contribution >= 4 is 37.3 Å². The predicted molar refractivity (Wildman–Crippen MR) is 151 cm³/mol. The molecular formula is C30H27F4N2O4P. The van der Waals surface area contributed by atoms with Crippen LogP contribution >= 0.6 is 9.24 Å². The number of para-hydroxylation sites is 1. The number of fused-ring (bicyclic) bond motifs is 1. The molecular weight excluding hydrogens is 559 g/mol. The minimum Gasteiger partial charge on any atom is -0.480 e. The lowest BCUT2D eigenvalue weighted by molar-refractivity contribution is -0.139. The smallest absolute Gasteiger partial charge is 0.417 e. The molecule has 2 N–H and O–H groups in total. The van der Waals surface area contributed by atoms with E-state index in [1.165, 1.54) is 48.0 Å². The Morgan fingerprint density at radius 1 is 1.05 bits per heavy atom. The number of aliphatic carboxylic acids is 1. The van der Waals surface area contributed by atoms with E-state index in [-0.39, 0.29) is 34.6 Å². The number of aromatic nitrogens is 1. The molecule has 214 valence electrons. The van der Waals surface area contributed by atoms with Gasteiger partial charge in [-0.25, -0.2) is 9.18 Å². The van der Waals surface area contributed by atoms with Crippen LogP contribution in [0.5, 0.6) is 0 Å². The Morgan fingerprint density at radius 3 is 2.37 bits per heavy atom. The number of benzene rings is 3. The van der Waals surface area contributed by atoms with Crippen LogP contribution in [0.4, 0.5) is 17.6 Å². The summed E-state index contributed by atoms with van der Waals surface area (Å²) in [5.41, 5.74) is -1.53. The second-order valence-electron chi connectivity index (χ2n) is 9.65. The number of pyridine rings is 1. The zero-order valence-electron chi connectivity index (χ0n) is 22.1. The minimum absolute atomic E-state index is 0.0954. The molecule has 0 saturated carbocycles. The predicted octanol–water partition coefficient (Wildman–Crippen LogP) is 5.16. The number of nitrogens with zero attached hydrogens (tertiary/aromatic N) is 1. The fraction of sp³-hybridized carbons (Fsp3) is 0.233. The summed E-state index contributed by atoms with van der Waals surface area (Å²) < 4.78 is 58.9. The van der Waals surface area contributed by atoms with E-state index in [4.69, 9.17) is 0 Å². The molecule has 4 aromatic rings. The maximum atomic E-state index is 14.5. The van der Waals surface area contributed by atoms with Gasteiger partial charge in [-0.05, 0) is 35.0 Å². The van der Waals surface area contributed by atoms with Crippen LogP contribution in [-0.4, -0.2) is 27.6 Å². The van der Waals surface area contributed by atoms with Crippen LogP contribution in [0.1, 0.15) is 51.9 Å². The molecule has 3 unspecified atom stereocenters. The van der Waals surface area contributed by atoms with Crippen LogP contribution in [0.3, 0.4) is 0 Å². The van der Waals surface area contributed by atoms with Gasteiger partial charge in [0, 0.05) is 30.3 Å². The van der Waals surface area contributed by atoms with Gasteiger partial charge in [0.25, 0.3) is 11.5 Å². The number of aryl methyl sites for hydroxylation is 1. The van der Waals surface area contributed by atoms with Crippen molar-refractivity contribution in [1.82, 2.24) is 9.88 Å². The Bertz CT molecular complexity index is 1680. The first kappa shape index (κ1) is 29.9. The highest BCUT2D eigenvalue weighted by Crippen LogP contribution is 2.41. The number of amides is 1. The first-order chi connectivity index (χ1) is 19.3. The summed E-state index contributed by atoms with van der Waals surface area (Å²) >= 11 is 0. The van der Waals surface area contributed by atoms with Crippen molar-refractivity contribution in [2.75, 3.05) is 0 Å². The lowest BCUT2D eigenvalue weighted by atomic mass is 9.84. The molecule has 6 nitrogen and oxygen atoms in total. The van der Waals surface area contributed by atoms with Gasteiger partial charge in [-0.2, -0.15) is 13.2 Å². The van der Waals surface area contributed by atoms with Crippen LogP contribution in [0.15, 0.2) is 71.5 Å². The molecule has 3 atom stereocenters. The fourth-order valence-corrected chi connectivity index (χ4v) is 5.52. The van der Waals surface area contributed by atoms with Crippen LogP contribution in [-0.2, 0) is 24.4 Å². The normalized spacial score (nSPS) is 13.1. The van der Waals surface area contributed by atoms with E-state index >= 15 is 0 Å². The van der Waals surface area contributed by atoms with Crippen LogP contribution < -0.4 is 16.2 Å². The number of hydrogen-bond acceptors (Lipinski definition) is 3. The molecule has 0 saturated heterocycles. The van der Waals surface area contributed by atoms with Crippen LogP contribution in [0.25, 0.3) is 10.9 Å². The summed E-state index contributed by atoms with van der Waals surface area (Å²) in [7, 11) is 3.64. The number of carbonyl (C=O) groups is 2. The van der Waals surface area contributed by atoms with E-state index in [0.29, 0.717) is 11.1 Å². The minimum atomic E-state index is -4.81. The number of carboxylic acid groups (broad SMARTS) is 1. The summed E-state index contributed by atoms with van der Waals surface area (Å²) in [5.74, 6) is -4.06. The molecule has 0 aliphatic carbocycles. The SMILES string of the molecule is CCC(c1cccc(CC(NC(=O)c2c(F)cccc2P)C(=O)O)c1)c1c(C(F)(F)F)c2ccccc2n(C)c1=O. The largest absolute Gasteiger partial charge is 0.480 e. The number of carboxylic acids is 1. The van der Waals surface area contributed by atoms with Crippen LogP contribution in [0.2, 0.25) is 0 Å². The van der Waals surface area contributed by atoms with Crippen molar-refractivity contribution < 1.29 is 32.3 Å². The van der Waals surface area contributed by atoms with E-state index in [1.807, 2.05) is 0 Å². The fourth-order valence-electron chi connectivity index (χ4n) is 5.14. The molecule has 4 rings (SSSR count). The average molecular weight is 587 g/mol. The first-order valence-electron chi connectivity index (χ1n) is 12.7. The number of rotatable bonds is 8. The molecule has 41 heavy (non-hydrogen) atoms. The van der Waals surface area contributed by atoms with Crippen molar-refractivity contribution in [2.45, 2.75) is 37.9 Å². The van der Waals surface area contributed by atoms with Gasteiger partial charge in [0.2, 0.25) is 0 Å². The number of hydrogen-bond donors (Lipinski definition) is 2. The maximum Gasteiger partial charge on any atom is 0.417 e. The summed E-state index contributed by atoms with van der Waals surface area (Å²) in [6, 6.07) is 14.6. The van der Waals surface area contributed by atoms with Gasteiger partial charge in [-0.15, -0.1) is 9.24 Å². The summed E-state index contributed by atoms with van der Waals surface area (Å²) in [4.78, 5) is 38.1. The lowest BCUT2D eigenvalue weighted by Gasteiger charge is -2.24. The van der Waals surface area contributed by atoms with Gasteiger partial charge in [0.15, 0.2) is 0 Å². The second kappa shape index (κ2) is 11.8. The van der Waals surface area contributed by atoms with Gasteiger partial charge >= 0.3 is 12.1 Å². The highest BCUT2D eigenvalue weighted by molar-refractivity contribution is 7.27. The monoisotopic (exact) mass is 586 g/mol.